The van der Waals surface area contributed by atoms with E-state index in [2.05, 4.69) is 34.6 Å². The standard InChI is InChI=1S/C40H82/c1-6-8-9-10-11-12-13-14-15-16-17-18-19-20-21-22-23-24-26-29-33-39(4)34-30-27-25-28-31-35-40(5)37-32-36-38(3)7-2/h38-40H,6-37H2,1-5H3. The van der Waals surface area contributed by atoms with E-state index in [9.17, 15) is 0 Å². The van der Waals surface area contributed by atoms with Crippen molar-refractivity contribution in [3.63, 3.8) is 0 Å². The van der Waals surface area contributed by atoms with Gasteiger partial charge in [0.1, 0.15) is 0 Å². The lowest BCUT2D eigenvalue weighted by Crippen LogP contribution is -1.98. The molecule has 0 aromatic carbocycles. The van der Waals surface area contributed by atoms with Crippen LogP contribution in [0, 0.1) is 17.8 Å². The molecule has 0 rings (SSSR count). The average Bonchev–Trinajstić information content (AvgIpc) is 2.95. The molecular formula is C40H82. The molecule has 0 radical (unpaired) electrons. The third kappa shape index (κ3) is 32.5. The Morgan fingerprint density at radius 1 is 0.250 bits per heavy atom. The molecule has 0 nitrogen and oxygen atoms in total. The molecule has 0 aromatic heterocycles. The van der Waals surface area contributed by atoms with Crippen molar-refractivity contribution in [2.45, 2.75) is 240 Å². The summed E-state index contributed by atoms with van der Waals surface area (Å²) >= 11 is 0. The van der Waals surface area contributed by atoms with Gasteiger partial charge in [-0.15, -0.1) is 0 Å². The Hall–Kier alpha value is 0. The zero-order valence-corrected chi connectivity index (χ0v) is 29.4. The van der Waals surface area contributed by atoms with Gasteiger partial charge in [-0.2, -0.15) is 0 Å². The first-order valence-electron chi connectivity index (χ1n) is 19.6. The second-order valence-electron chi connectivity index (χ2n) is 14.5. The number of rotatable bonds is 34. The smallest absolute Gasteiger partial charge is 0.0443 e. The summed E-state index contributed by atoms with van der Waals surface area (Å²) in [5.74, 6) is 2.84. The molecule has 242 valence electrons. The molecule has 0 amide bonds. The van der Waals surface area contributed by atoms with Crippen molar-refractivity contribution in [1.82, 2.24) is 0 Å². The molecule has 3 unspecified atom stereocenters. The minimum Gasteiger partial charge on any atom is -0.0654 e. The van der Waals surface area contributed by atoms with Crippen molar-refractivity contribution in [3.8, 4) is 0 Å². The van der Waals surface area contributed by atoms with E-state index in [1.54, 1.807) is 0 Å². The second kappa shape index (κ2) is 33.5. The Bertz CT molecular complexity index is 439. The highest BCUT2D eigenvalue weighted by Gasteiger charge is 2.05. The lowest BCUT2D eigenvalue weighted by atomic mass is 9.93. The van der Waals surface area contributed by atoms with Gasteiger partial charge < -0.3 is 0 Å². The maximum absolute atomic E-state index is 2.51. The Morgan fingerprint density at radius 2 is 0.475 bits per heavy atom. The Labute approximate surface area is 257 Å². The molecule has 0 spiro atoms. The molecule has 0 aliphatic rings. The van der Waals surface area contributed by atoms with Gasteiger partial charge in [-0.05, 0) is 17.8 Å². The first-order valence-corrected chi connectivity index (χ1v) is 19.6. The van der Waals surface area contributed by atoms with Crippen LogP contribution in [-0.2, 0) is 0 Å². The van der Waals surface area contributed by atoms with Crippen molar-refractivity contribution in [1.29, 1.82) is 0 Å². The predicted octanol–water partition coefficient (Wildman–Crippen LogP) is 15.4. The summed E-state index contributed by atoms with van der Waals surface area (Å²) in [6.45, 7) is 12.0. The monoisotopic (exact) mass is 563 g/mol. The first-order chi connectivity index (χ1) is 19.6. The van der Waals surface area contributed by atoms with Crippen LogP contribution in [0.25, 0.3) is 0 Å². The Kier molecular flexibility index (Phi) is 33.5. The zero-order valence-electron chi connectivity index (χ0n) is 29.4. The summed E-state index contributed by atoms with van der Waals surface area (Å²) < 4.78 is 0. The molecule has 0 bridgehead atoms. The van der Waals surface area contributed by atoms with Gasteiger partial charge >= 0.3 is 0 Å². The van der Waals surface area contributed by atoms with Gasteiger partial charge in [0.15, 0.2) is 0 Å². The molecule has 0 N–H and O–H groups in total. The van der Waals surface area contributed by atoms with E-state index in [1.165, 1.54) is 205 Å². The van der Waals surface area contributed by atoms with Crippen LogP contribution in [0.1, 0.15) is 240 Å². The molecule has 0 aliphatic carbocycles. The van der Waals surface area contributed by atoms with Gasteiger partial charge in [0.05, 0.1) is 0 Å². The van der Waals surface area contributed by atoms with E-state index < -0.39 is 0 Å². The zero-order chi connectivity index (χ0) is 29.4. The van der Waals surface area contributed by atoms with Crippen LogP contribution in [0.3, 0.4) is 0 Å². The fraction of sp³-hybridized carbons (Fsp3) is 1.00. The van der Waals surface area contributed by atoms with Crippen LogP contribution in [-0.4, -0.2) is 0 Å². The maximum atomic E-state index is 2.51. The minimum atomic E-state index is 0.933. The van der Waals surface area contributed by atoms with Gasteiger partial charge in [-0.1, -0.05) is 240 Å². The summed E-state index contributed by atoms with van der Waals surface area (Å²) in [6.07, 6.45) is 47.1. The van der Waals surface area contributed by atoms with Crippen LogP contribution in [0.5, 0.6) is 0 Å². The van der Waals surface area contributed by atoms with Gasteiger partial charge in [0, 0.05) is 0 Å². The highest BCUT2D eigenvalue weighted by molar-refractivity contribution is 4.59. The van der Waals surface area contributed by atoms with Crippen LogP contribution >= 0.6 is 0 Å². The van der Waals surface area contributed by atoms with Crippen LogP contribution < -0.4 is 0 Å². The molecule has 3 atom stereocenters. The molecule has 0 aliphatic heterocycles. The summed E-state index contributed by atoms with van der Waals surface area (Å²) in [6, 6.07) is 0. The summed E-state index contributed by atoms with van der Waals surface area (Å²) in [5, 5.41) is 0. The van der Waals surface area contributed by atoms with E-state index in [1.807, 2.05) is 0 Å². The summed E-state index contributed by atoms with van der Waals surface area (Å²) in [7, 11) is 0. The van der Waals surface area contributed by atoms with Gasteiger partial charge in [-0.3, -0.25) is 0 Å². The second-order valence-corrected chi connectivity index (χ2v) is 14.5. The predicted molar refractivity (Wildman–Crippen MR) is 187 cm³/mol. The number of hydrogen-bond donors (Lipinski definition) is 0. The fourth-order valence-corrected chi connectivity index (χ4v) is 6.57. The van der Waals surface area contributed by atoms with Crippen molar-refractivity contribution < 1.29 is 0 Å². The Balaban J connectivity index is 3.21. The molecule has 0 heteroatoms. The third-order valence-corrected chi connectivity index (χ3v) is 10.0. The molecule has 0 saturated carbocycles. The highest BCUT2D eigenvalue weighted by atomic mass is 14.1. The van der Waals surface area contributed by atoms with Crippen LogP contribution in [0.15, 0.2) is 0 Å². The van der Waals surface area contributed by atoms with Crippen molar-refractivity contribution in [3.05, 3.63) is 0 Å². The molecule has 40 heavy (non-hydrogen) atoms. The lowest BCUT2D eigenvalue weighted by molar-refractivity contribution is 0.401. The van der Waals surface area contributed by atoms with E-state index in [0.717, 1.165) is 17.8 Å². The third-order valence-electron chi connectivity index (χ3n) is 10.0. The maximum Gasteiger partial charge on any atom is -0.0443 e. The quantitative estimate of drug-likeness (QED) is 0.0684. The molecule has 0 saturated heterocycles. The fourth-order valence-electron chi connectivity index (χ4n) is 6.57. The first kappa shape index (κ1) is 40.0. The van der Waals surface area contributed by atoms with E-state index >= 15 is 0 Å². The number of hydrogen-bond acceptors (Lipinski definition) is 0. The summed E-state index contributed by atoms with van der Waals surface area (Å²) in [5.41, 5.74) is 0. The molecule has 0 heterocycles. The Morgan fingerprint density at radius 3 is 0.750 bits per heavy atom. The largest absolute Gasteiger partial charge is 0.0654 e. The van der Waals surface area contributed by atoms with Crippen LogP contribution in [0.4, 0.5) is 0 Å². The SMILES string of the molecule is CCCCCCCCCCCCCCCCCCCCCCC(C)CCCCCCCC(C)CCCC(C)CC. The summed E-state index contributed by atoms with van der Waals surface area (Å²) in [4.78, 5) is 0. The van der Waals surface area contributed by atoms with E-state index in [4.69, 9.17) is 0 Å². The normalized spacial score (nSPS) is 14.0. The topological polar surface area (TPSA) is 0 Å². The van der Waals surface area contributed by atoms with E-state index in [-0.39, 0.29) is 0 Å². The molecular weight excluding hydrogens is 480 g/mol. The molecule has 0 aromatic rings. The lowest BCUT2D eigenvalue weighted by Gasteiger charge is -2.13. The van der Waals surface area contributed by atoms with E-state index in [0.29, 0.717) is 0 Å². The average molecular weight is 563 g/mol. The van der Waals surface area contributed by atoms with Gasteiger partial charge in [0.25, 0.3) is 0 Å². The van der Waals surface area contributed by atoms with Gasteiger partial charge in [0.2, 0.25) is 0 Å². The highest BCUT2D eigenvalue weighted by Crippen LogP contribution is 2.22. The van der Waals surface area contributed by atoms with Crippen molar-refractivity contribution >= 4 is 0 Å². The van der Waals surface area contributed by atoms with Gasteiger partial charge in [-0.25, -0.2) is 0 Å². The van der Waals surface area contributed by atoms with Crippen molar-refractivity contribution in [2.24, 2.45) is 17.8 Å². The van der Waals surface area contributed by atoms with Crippen LogP contribution in [0.2, 0.25) is 0 Å². The minimum absolute atomic E-state index is 0.933. The van der Waals surface area contributed by atoms with Crippen molar-refractivity contribution in [2.75, 3.05) is 0 Å². The molecule has 0 fully saturated rings. The number of unbranched alkanes of at least 4 members (excludes halogenated alkanes) is 23.